The van der Waals surface area contributed by atoms with Gasteiger partial charge in [-0.2, -0.15) is 0 Å². The molecule has 6 aliphatic rings. The van der Waals surface area contributed by atoms with Crippen molar-refractivity contribution in [1.29, 1.82) is 0 Å². The quantitative estimate of drug-likeness (QED) is 0.169. The molecule has 6 fully saturated rings. The second kappa shape index (κ2) is 12.5. The fourth-order valence-electron chi connectivity index (χ4n) is 6.89. The number of rotatable bonds is 6. The summed E-state index contributed by atoms with van der Waals surface area (Å²) in [6, 6.07) is 15.9. The second-order valence-electron chi connectivity index (χ2n) is 11.9. The Morgan fingerprint density at radius 3 is 1.80 bits per heavy atom. The number of esters is 1. The topological polar surface area (TPSA) is 54.0 Å². The van der Waals surface area contributed by atoms with E-state index in [9.17, 15) is 4.79 Å². The maximum absolute atomic E-state index is 11.6. The van der Waals surface area contributed by atoms with E-state index in [1.807, 2.05) is 36.4 Å². The Balaban J connectivity index is 0.000000165. The molecule has 4 bridgehead atoms. The predicted molar refractivity (Wildman–Crippen MR) is 169 cm³/mol. The molecule has 6 unspecified atom stereocenters. The van der Waals surface area contributed by atoms with Gasteiger partial charge in [-0.05, 0) is 80.0 Å². The Bertz CT molecular complexity index is 1230. The highest BCUT2D eigenvalue weighted by Gasteiger charge is 2.57. The molecule has 5 nitrogen and oxygen atoms in total. The van der Waals surface area contributed by atoms with Crippen LogP contribution in [0.3, 0.4) is 0 Å². The molecule has 0 amide bonds. The third-order valence-electron chi connectivity index (χ3n) is 9.45. The smallest absolute Gasteiger partial charge is 0.306 e. The van der Waals surface area contributed by atoms with E-state index < -0.39 is 0 Å². The molecule has 2 aromatic carbocycles. The summed E-state index contributed by atoms with van der Waals surface area (Å²) in [6.45, 7) is 1.35. The van der Waals surface area contributed by atoms with E-state index in [0.29, 0.717) is 17.9 Å². The van der Waals surface area contributed by atoms with Crippen LogP contribution < -0.4 is 0 Å². The van der Waals surface area contributed by atoms with Gasteiger partial charge in [0.05, 0.1) is 40.1 Å². The summed E-state index contributed by atoms with van der Waals surface area (Å²) in [5.74, 6) is -0.154. The van der Waals surface area contributed by atoms with Gasteiger partial charge in [0, 0.05) is 30.5 Å². The molecule has 9 heteroatoms. The fraction of sp³-hybridized carbons (Fsp3) is 0.531. The van der Waals surface area contributed by atoms with Gasteiger partial charge in [-0.3, -0.25) is 4.79 Å². The van der Waals surface area contributed by atoms with Gasteiger partial charge in [0.15, 0.2) is 0 Å². The first kappa shape index (κ1) is 31.3. The number of hydrogen-bond donors (Lipinski definition) is 0. The van der Waals surface area contributed by atoms with Crippen molar-refractivity contribution in [1.82, 2.24) is 0 Å². The number of carbonyl (C=O) groups excluding carboxylic acids is 1. The summed E-state index contributed by atoms with van der Waals surface area (Å²) in [7, 11) is 3.12. The molecule has 0 radical (unpaired) electrons. The number of benzene rings is 2. The minimum absolute atomic E-state index is 0.0879. The lowest BCUT2D eigenvalue weighted by molar-refractivity contribution is -0.191. The summed E-state index contributed by atoms with van der Waals surface area (Å²) < 4.78 is 22.5. The van der Waals surface area contributed by atoms with E-state index in [4.69, 9.17) is 42.1 Å². The number of alkyl halides is 2. The molecule has 4 aliphatic heterocycles. The number of hydrogen-bond acceptors (Lipinski definition) is 5. The average Bonchev–Trinajstić information content (AvgIpc) is 2.98. The molecular weight excluding hydrogens is 695 g/mol. The molecule has 0 aromatic heterocycles. The minimum Gasteiger partial charge on any atom is -0.505 e. The van der Waals surface area contributed by atoms with E-state index in [1.54, 1.807) is 13.4 Å². The third-order valence-corrected chi connectivity index (χ3v) is 12.1. The van der Waals surface area contributed by atoms with Gasteiger partial charge in [0.1, 0.15) is 11.2 Å². The van der Waals surface area contributed by atoms with Crippen LogP contribution in [0.15, 0.2) is 60.9 Å². The van der Waals surface area contributed by atoms with E-state index in [-0.39, 0.29) is 32.8 Å². The van der Waals surface area contributed by atoms with Crippen molar-refractivity contribution in [2.24, 2.45) is 10.8 Å². The maximum atomic E-state index is 11.6. The van der Waals surface area contributed by atoms with Crippen molar-refractivity contribution < 1.29 is 23.7 Å². The molecule has 222 valence electrons. The molecule has 2 aliphatic carbocycles. The summed E-state index contributed by atoms with van der Waals surface area (Å²) >= 11 is 19.6. The predicted octanol–water partition coefficient (Wildman–Crippen LogP) is 8.72. The standard InChI is InChI=1S/C16H18BrClO3.C16H18BrClO2/c1-20-14(19)9-15-6-7-16(21-10-15,13(17)8-15)11-2-4-12(18)5-3-11;1-19-9-8-15-6-7-16(20-11-15,14(17)10-15)12-2-4-13(18)5-3-12/h2-5,13H,6-10H2,1H3;2-5,8-9,14H,6-7,10-11H2,1H3. The van der Waals surface area contributed by atoms with Gasteiger partial charge >= 0.3 is 5.97 Å². The van der Waals surface area contributed by atoms with Crippen LogP contribution in [0, 0.1) is 10.8 Å². The number of methoxy groups -OCH3 is 2. The summed E-state index contributed by atoms with van der Waals surface area (Å²) in [4.78, 5) is 12.1. The average molecular weight is 731 g/mol. The largest absolute Gasteiger partial charge is 0.505 e. The highest BCUT2D eigenvalue weighted by Crippen LogP contribution is 2.58. The van der Waals surface area contributed by atoms with Crippen molar-refractivity contribution >= 4 is 61.0 Å². The Kier molecular flexibility index (Phi) is 9.55. The molecule has 4 heterocycles. The lowest BCUT2D eigenvalue weighted by Crippen LogP contribution is -2.56. The molecule has 0 spiro atoms. The van der Waals surface area contributed by atoms with Crippen LogP contribution in [0.25, 0.3) is 0 Å². The summed E-state index contributed by atoms with van der Waals surface area (Å²) in [5, 5.41) is 1.49. The van der Waals surface area contributed by atoms with Gasteiger partial charge in [0.2, 0.25) is 0 Å². The Hall–Kier alpha value is -1.09. The molecule has 2 aromatic rings. The Labute approximate surface area is 269 Å². The van der Waals surface area contributed by atoms with Gasteiger partial charge in [-0.25, -0.2) is 0 Å². The molecule has 41 heavy (non-hydrogen) atoms. The van der Waals surface area contributed by atoms with E-state index >= 15 is 0 Å². The number of fused-ring (bicyclic) bond motifs is 6. The van der Waals surface area contributed by atoms with Crippen molar-refractivity contribution in [3.05, 3.63) is 82.0 Å². The lowest BCUT2D eigenvalue weighted by atomic mass is 9.63. The minimum atomic E-state index is -0.303. The maximum Gasteiger partial charge on any atom is 0.306 e. The highest BCUT2D eigenvalue weighted by molar-refractivity contribution is 9.09. The molecular formula is C32H36Br2Cl2O5. The van der Waals surface area contributed by atoms with Crippen molar-refractivity contribution in [3.63, 3.8) is 0 Å². The Morgan fingerprint density at radius 1 is 0.854 bits per heavy atom. The van der Waals surface area contributed by atoms with Crippen LogP contribution in [0.1, 0.15) is 56.1 Å². The van der Waals surface area contributed by atoms with Crippen molar-refractivity contribution in [2.45, 2.75) is 65.8 Å². The highest BCUT2D eigenvalue weighted by atomic mass is 79.9. The van der Waals surface area contributed by atoms with Crippen LogP contribution in [0.5, 0.6) is 0 Å². The summed E-state index contributed by atoms with van der Waals surface area (Å²) in [6.07, 6.45) is 10.4. The van der Waals surface area contributed by atoms with Crippen LogP contribution in [0.4, 0.5) is 0 Å². The number of halogens is 4. The zero-order valence-corrected chi connectivity index (χ0v) is 28.0. The van der Waals surface area contributed by atoms with Gasteiger partial charge in [-0.1, -0.05) is 79.3 Å². The molecule has 4 saturated heterocycles. The monoisotopic (exact) mass is 728 g/mol. The van der Waals surface area contributed by atoms with Gasteiger partial charge < -0.3 is 18.9 Å². The first-order chi connectivity index (χ1) is 19.6. The first-order valence-electron chi connectivity index (χ1n) is 14.0. The third kappa shape index (κ3) is 6.14. The first-order valence-corrected chi connectivity index (χ1v) is 16.5. The van der Waals surface area contributed by atoms with Gasteiger partial charge in [-0.15, -0.1) is 0 Å². The fourth-order valence-corrected chi connectivity index (χ4v) is 9.73. The van der Waals surface area contributed by atoms with Crippen molar-refractivity contribution in [2.75, 3.05) is 27.4 Å². The van der Waals surface area contributed by atoms with E-state index in [1.165, 1.54) is 12.7 Å². The summed E-state index contributed by atoms with van der Waals surface area (Å²) in [5.41, 5.74) is 1.87. The Morgan fingerprint density at radius 2 is 1.39 bits per heavy atom. The van der Waals surface area contributed by atoms with Crippen LogP contribution in [-0.4, -0.2) is 43.1 Å². The van der Waals surface area contributed by atoms with Crippen LogP contribution >= 0.6 is 55.1 Å². The molecule has 8 rings (SSSR count). The number of ether oxygens (including phenoxy) is 4. The van der Waals surface area contributed by atoms with E-state index in [0.717, 1.165) is 60.7 Å². The van der Waals surface area contributed by atoms with E-state index in [2.05, 4.69) is 50.1 Å². The zero-order chi connectivity index (χ0) is 29.3. The molecule has 2 saturated carbocycles. The van der Waals surface area contributed by atoms with Crippen LogP contribution in [0.2, 0.25) is 10.0 Å². The zero-order valence-electron chi connectivity index (χ0n) is 23.3. The normalized spacial score (nSPS) is 35.6. The number of carbonyl (C=O) groups is 1. The molecule has 0 N–H and O–H groups in total. The second-order valence-corrected chi connectivity index (χ2v) is 15.0. The van der Waals surface area contributed by atoms with Crippen molar-refractivity contribution in [3.8, 4) is 0 Å². The molecule has 6 atom stereocenters. The van der Waals surface area contributed by atoms with Crippen LogP contribution in [-0.2, 0) is 34.9 Å². The van der Waals surface area contributed by atoms with Gasteiger partial charge in [0.25, 0.3) is 0 Å². The lowest BCUT2D eigenvalue weighted by Gasteiger charge is -2.55. The SMILES string of the molecule is COC(=O)CC12CCC(c3ccc(Cl)cc3)(OC1)C(Br)C2.COC=CC12CCC(c3ccc(Cl)cc3)(OC1)C(Br)C2.